The van der Waals surface area contributed by atoms with E-state index in [2.05, 4.69) is 29.1 Å². The standard InChI is InChI=1S/C17H20N2O2S/c1-13(14-7-3-2-4-8-14)18-16-9-5-6-10-17(16)19-22(20,21)15-11-12-15/h2-10,13,15,18-19H,11-12H2,1H3. The Morgan fingerprint density at radius 3 is 2.18 bits per heavy atom. The van der Waals surface area contributed by atoms with Crippen LogP contribution >= 0.6 is 0 Å². The van der Waals surface area contributed by atoms with Crippen molar-refractivity contribution in [3.05, 3.63) is 60.2 Å². The second-order valence-electron chi connectivity index (χ2n) is 5.67. The van der Waals surface area contributed by atoms with Crippen molar-refractivity contribution >= 4 is 21.4 Å². The summed E-state index contributed by atoms with van der Waals surface area (Å²) in [4.78, 5) is 0. The molecule has 4 nitrogen and oxygen atoms in total. The minimum Gasteiger partial charge on any atom is -0.377 e. The Bertz CT molecular complexity index is 740. The molecule has 1 fully saturated rings. The highest BCUT2D eigenvalue weighted by Gasteiger charge is 2.36. The predicted molar refractivity (Wildman–Crippen MR) is 90.5 cm³/mol. The first-order valence-corrected chi connectivity index (χ1v) is 9.03. The minimum absolute atomic E-state index is 0.0905. The molecule has 1 aliphatic carbocycles. The lowest BCUT2D eigenvalue weighted by Crippen LogP contribution is -2.18. The molecule has 0 amide bonds. The normalized spacial score (nSPS) is 16.0. The van der Waals surface area contributed by atoms with Crippen LogP contribution in [-0.2, 0) is 10.0 Å². The van der Waals surface area contributed by atoms with Gasteiger partial charge in [-0.05, 0) is 37.5 Å². The highest BCUT2D eigenvalue weighted by atomic mass is 32.2. The fraction of sp³-hybridized carbons (Fsp3) is 0.294. The quantitative estimate of drug-likeness (QED) is 0.853. The summed E-state index contributed by atoms with van der Waals surface area (Å²) in [6, 6.07) is 17.6. The van der Waals surface area contributed by atoms with Gasteiger partial charge in [0.25, 0.3) is 0 Å². The van der Waals surface area contributed by atoms with Crippen LogP contribution in [0.4, 0.5) is 11.4 Å². The fourth-order valence-electron chi connectivity index (χ4n) is 2.37. The molecule has 1 aliphatic rings. The Morgan fingerprint density at radius 2 is 1.55 bits per heavy atom. The van der Waals surface area contributed by atoms with Crippen LogP contribution in [0, 0.1) is 0 Å². The van der Waals surface area contributed by atoms with Crippen molar-refractivity contribution in [3.63, 3.8) is 0 Å². The summed E-state index contributed by atoms with van der Waals surface area (Å²) in [5.41, 5.74) is 2.56. The van der Waals surface area contributed by atoms with Crippen molar-refractivity contribution in [1.29, 1.82) is 0 Å². The van der Waals surface area contributed by atoms with Crippen molar-refractivity contribution in [2.24, 2.45) is 0 Å². The number of hydrogen-bond acceptors (Lipinski definition) is 3. The Morgan fingerprint density at radius 1 is 0.955 bits per heavy atom. The molecule has 0 heterocycles. The zero-order valence-corrected chi connectivity index (χ0v) is 13.3. The number of sulfonamides is 1. The molecule has 2 aromatic rings. The van der Waals surface area contributed by atoms with Gasteiger partial charge in [0.2, 0.25) is 10.0 Å². The van der Waals surface area contributed by atoms with Gasteiger partial charge in [-0.2, -0.15) is 0 Å². The molecule has 0 aliphatic heterocycles. The van der Waals surface area contributed by atoms with Crippen LogP contribution in [0.15, 0.2) is 54.6 Å². The third-order valence-electron chi connectivity index (χ3n) is 3.81. The van der Waals surface area contributed by atoms with E-state index in [4.69, 9.17) is 0 Å². The van der Waals surface area contributed by atoms with E-state index in [0.717, 1.165) is 24.1 Å². The number of hydrogen-bond donors (Lipinski definition) is 2. The van der Waals surface area contributed by atoms with E-state index in [1.165, 1.54) is 0 Å². The second-order valence-corrected chi connectivity index (χ2v) is 7.63. The molecular formula is C17H20N2O2S. The second kappa shape index (κ2) is 6.01. The molecule has 0 spiro atoms. The van der Waals surface area contributed by atoms with Crippen LogP contribution in [0.5, 0.6) is 0 Å². The lowest BCUT2D eigenvalue weighted by atomic mass is 10.1. The highest BCUT2D eigenvalue weighted by molar-refractivity contribution is 7.93. The molecule has 3 rings (SSSR count). The fourth-order valence-corrected chi connectivity index (χ4v) is 3.78. The summed E-state index contributed by atoms with van der Waals surface area (Å²) < 4.78 is 27.0. The van der Waals surface area contributed by atoms with E-state index < -0.39 is 10.0 Å². The van der Waals surface area contributed by atoms with Crippen molar-refractivity contribution < 1.29 is 8.42 Å². The molecule has 1 unspecified atom stereocenters. The third-order valence-corrected chi connectivity index (χ3v) is 5.67. The lowest BCUT2D eigenvalue weighted by Gasteiger charge is -2.19. The molecule has 2 aromatic carbocycles. The molecule has 0 aromatic heterocycles. The van der Waals surface area contributed by atoms with E-state index >= 15 is 0 Å². The first-order chi connectivity index (χ1) is 10.6. The molecule has 116 valence electrons. The Balaban J connectivity index is 1.79. The highest BCUT2D eigenvalue weighted by Crippen LogP contribution is 2.32. The molecule has 0 radical (unpaired) electrons. The topological polar surface area (TPSA) is 58.2 Å². The molecule has 0 saturated heterocycles. The van der Waals surface area contributed by atoms with E-state index in [-0.39, 0.29) is 11.3 Å². The van der Waals surface area contributed by atoms with Gasteiger partial charge in [0.05, 0.1) is 16.6 Å². The molecule has 1 atom stereocenters. The Kier molecular flexibility index (Phi) is 4.07. The van der Waals surface area contributed by atoms with Gasteiger partial charge in [-0.3, -0.25) is 4.72 Å². The Labute approximate surface area is 131 Å². The number of anilines is 2. The zero-order chi connectivity index (χ0) is 15.6. The SMILES string of the molecule is CC(Nc1ccccc1NS(=O)(=O)C1CC1)c1ccccc1. The predicted octanol–water partition coefficient (Wildman–Crippen LogP) is 3.76. The average molecular weight is 316 g/mol. The van der Waals surface area contributed by atoms with Crippen LogP contribution in [0.25, 0.3) is 0 Å². The van der Waals surface area contributed by atoms with Crippen LogP contribution < -0.4 is 10.0 Å². The largest absolute Gasteiger partial charge is 0.377 e. The Hall–Kier alpha value is -2.01. The summed E-state index contributed by atoms with van der Waals surface area (Å²) in [5, 5.41) is 3.15. The van der Waals surface area contributed by atoms with Gasteiger partial charge in [0.15, 0.2) is 0 Å². The summed E-state index contributed by atoms with van der Waals surface area (Å²) in [5.74, 6) is 0. The van der Waals surface area contributed by atoms with Gasteiger partial charge in [-0.15, -0.1) is 0 Å². The summed E-state index contributed by atoms with van der Waals surface area (Å²) in [6.45, 7) is 2.06. The van der Waals surface area contributed by atoms with Gasteiger partial charge in [-0.25, -0.2) is 8.42 Å². The van der Waals surface area contributed by atoms with Crippen LogP contribution in [0.2, 0.25) is 0 Å². The van der Waals surface area contributed by atoms with E-state index in [1.54, 1.807) is 6.07 Å². The first kappa shape index (κ1) is 14.9. The summed E-state index contributed by atoms with van der Waals surface area (Å²) in [7, 11) is -3.25. The van der Waals surface area contributed by atoms with E-state index in [1.807, 2.05) is 36.4 Å². The maximum absolute atomic E-state index is 12.1. The molecular weight excluding hydrogens is 296 g/mol. The van der Waals surface area contributed by atoms with Crippen LogP contribution in [-0.4, -0.2) is 13.7 Å². The minimum atomic E-state index is -3.25. The van der Waals surface area contributed by atoms with Crippen molar-refractivity contribution in [2.45, 2.75) is 31.1 Å². The molecule has 0 bridgehead atoms. The van der Waals surface area contributed by atoms with Gasteiger partial charge >= 0.3 is 0 Å². The third kappa shape index (κ3) is 3.42. The molecule has 2 N–H and O–H groups in total. The molecule has 1 saturated carbocycles. The van der Waals surface area contributed by atoms with Crippen LogP contribution in [0.3, 0.4) is 0 Å². The van der Waals surface area contributed by atoms with Gasteiger partial charge in [-0.1, -0.05) is 42.5 Å². The summed E-state index contributed by atoms with van der Waals surface area (Å²) >= 11 is 0. The van der Waals surface area contributed by atoms with Crippen LogP contribution in [0.1, 0.15) is 31.4 Å². The first-order valence-electron chi connectivity index (χ1n) is 7.48. The number of benzene rings is 2. The maximum atomic E-state index is 12.1. The molecule has 5 heteroatoms. The lowest BCUT2D eigenvalue weighted by molar-refractivity contribution is 0.600. The van der Waals surface area contributed by atoms with Crippen molar-refractivity contribution in [2.75, 3.05) is 10.0 Å². The smallest absolute Gasteiger partial charge is 0.235 e. The van der Waals surface area contributed by atoms with Gasteiger partial charge in [0.1, 0.15) is 0 Å². The van der Waals surface area contributed by atoms with Gasteiger partial charge < -0.3 is 5.32 Å². The van der Waals surface area contributed by atoms with E-state index in [9.17, 15) is 8.42 Å². The number of para-hydroxylation sites is 2. The zero-order valence-electron chi connectivity index (χ0n) is 12.5. The number of rotatable bonds is 6. The monoisotopic (exact) mass is 316 g/mol. The van der Waals surface area contributed by atoms with Crippen molar-refractivity contribution in [1.82, 2.24) is 0 Å². The van der Waals surface area contributed by atoms with E-state index in [0.29, 0.717) is 5.69 Å². The van der Waals surface area contributed by atoms with Gasteiger partial charge in [0, 0.05) is 6.04 Å². The maximum Gasteiger partial charge on any atom is 0.235 e. The van der Waals surface area contributed by atoms with Crippen molar-refractivity contribution in [3.8, 4) is 0 Å². The number of nitrogens with one attached hydrogen (secondary N) is 2. The average Bonchev–Trinajstić information content (AvgIpc) is 3.35. The summed E-state index contributed by atoms with van der Waals surface area (Å²) in [6.07, 6.45) is 1.51. The molecule has 22 heavy (non-hydrogen) atoms.